The average molecular weight is 538 g/mol. The SMILES string of the molecule is CN=C(NCCCOC(C)c1ccccc1)NCCC(=O)N(C)Cc1ccccc1.I. The van der Waals surface area contributed by atoms with Crippen LogP contribution < -0.4 is 10.6 Å². The zero-order valence-corrected chi connectivity index (χ0v) is 21.0. The van der Waals surface area contributed by atoms with E-state index in [0.717, 1.165) is 18.5 Å². The number of hydrogen-bond acceptors (Lipinski definition) is 3. The van der Waals surface area contributed by atoms with Gasteiger partial charge in [0.2, 0.25) is 5.91 Å². The van der Waals surface area contributed by atoms with Crippen LogP contribution in [0.5, 0.6) is 0 Å². The molecule has 1 unspecified atom stereocenters. The molecule has 0 saturated carbocycles. The molecule has 2 rings (SSSR count). The summed E-state index contributed by atoms with van der Waals surface area (Å²) in [4.78, 5) is 18.3. The van der Waals surface area contributed by atoms with Crippen molar-refractivity contribution in [2.75, 3.05) is 33.8 Å². The molecule has 2 aromatic rings. The molecule has 0 saturated heterocycles. The monoisotopic (exact) mass is 538 g/mol. The maximum absolute atomic E-state index is 12.3. The number of carbonyl (C=O) groups is 1. The van der Waals surface area contributed by atoms with Gasteiger partial charge in [-0.1, -0.05) is 60.7 Å². The van der Waals surface area contributed by atoms with Crippen LogP contribution >= 0.6 is 24.0 Å². The molecule has 0 aromatic heterocycles. The Hall–Kier alpha value is -2.13. The second-order valence-corrected chi connectivity index (χ2v) is 7.19. The van der Waals surface area contributed by atoms with E-state index in [4.69, 9.17) is 4.74 Å². The van der Waals surface area contributed by atoms with E-state index in [-0.39, 0.29) is 36.0 Å². The number of carbonyl (C=O) groups excluding carboxylic acids is 1. The summed E-state index contributed by atoms with van der Waals surface area (Å²) in [5.41, 5.74) is 2.31. The number of hydrogen-bond donors (Lipinski definition) is 2. The van der Waals surface area contributed by atoms with Gasteiger partial charge in [-0.15, -0.1) is 24.0 Å². The second-order valence-electron chi connectivity index (χ2n) is 7.19. The lowest BCUT2D eigenvalue weighted by Crippen LogP contribution is -2.40. The zero-order chi connectivity index (χ0) is 21.6. The molecule has 2 N–H and O–H groups in total. The molecule has 2 aromatic carbocycles. The first-order chi connectivity index (χ1) is 14.6. The fraction of sp³-hybridized carbons (Fsp3) is 0.417. The third kappa shape index (κ3) is 10.6. The lowest BCUT2D eigenvalue weighted by atomic mass is 10.1. The summed E-state index contributed by atoms with van der Waals surface area (Å²) < 4.78 is 5.88. The van der Waals surface area contributed by atoms with Gasteiger partial charge in [-0.05, 0) is 24.5 Å². The summed E-state index contributed by atoms with van der Waals surface area (Å²) >= 11 is 0. The lowest BCUT2D eigenvalue weighted by Gasteiger charge is -2.18. The van der Waals surface area contributed by atoms with Gasteiger partial charge >= 0.3 is 0 Å². The number of aliphatic imine (C=N–C) groups is 1. The van der Waals surface area contributed by atoms with Gasteiger partial charge in [0.25, 0.3) is 0 Å². The Balaban J connectivity index is 0.00000480. The molecule has 31 heavy (non-hydrogen) atoms. The summed E-state index contributed by atoms with van der Waals surface area (Å²) in [6.07, 6.45) is 1.38. The highest BCUT2D eigenvalue weighted by molar-refractivity contribution is 14.0. The van der Waals surface area contributed by atoms with Crippen molar-refractivity contribution in [1.82, 2.24) is 15.5 Å². The first-order valence-electron chi connectivity index (χ1n) is 10.5. The molecule has 170 valence electrons. The van der Waals surface area contributed by atoms with Crippen LogP contribution in [-0.2, 0) is 16.1 Å². The van der Waals surface area contributed by atoms with Crippen molar-refractivity contribution >= 4 is 35.8 Å². The normalized spacial score (nSPS) is 11.9. The first-order valence-corrected chi connectivity index (χ1v) is 10.5. The van der Waals surface area contributed by atoms with Gasteiger partial charge in [0.1, 0.15) is 0 Å². The minimum Gasteiger partial charge on any atom is -0.374 e. The minimum atomic E-state index is 0. The van der Waals surface area contributed by atoms with Crippen LogP contribution in [0.3, 0.4) is 0 Å². The molecule has 0 aliphatic heterocycles. The molecule has 7 heteroatoms. The Morgan fingerprint density at radius 2 is 1.65 bits per heavy atom. The third-order valence-corrected chi connectivity index (χ3v) is 4.79. The van der Waals surface area contributed by atoms with Crippen molar-refractivity contribution in [2.24, 2.45) is 4.99 Å². The highest BCUT2D eigenvalue weighted by Gasteiger charge is 2.09. The van der Waals surface area contributed by atoms with E-state index in [9.17, 15) is 4.79 Å². The smallest absolute Gasteiger partial charge is 0.224 e. The van der Waals surface area contributed by atoms with Gasteiger partial charge in [-0.3, -0.25) is 9.79 Å². The van der Waals surface area contributed by atoms with E-state index in [0.29, 0.717) is 32.1 Å². The Labute approximate surface area is 203 Å². The summed E-state index contributed by atoms with van der Waals surface area (Å²) in [6, 6.07) is 20.2. The largest absolute Gasteiger partial charge is 0.374 e. The van der Waals surface area contributed by atoms with Crippen LogP contribution in [0.25, 0.3) is 0 Å². The van der Waals surface area contributed by atoms with E-state index in [1.807, 2.05) is 55.6 Å². The summed E-state index contributed by atoms with van der Waals surface area (Å²) in [5.74, 6) is 0.801. The van der Waals surface area contributed by atoms with Crippen molar-refractivity contribution in [3.8, 4) is 0 Å². The first kappa shape index (κ1) is 26.9. The fourth-order valence-corrected chi connectivity index (χ4v) is 3.00. The molecule has 0 radical (unpaired) electrons. The van der Waals surface area contributed by atoms with Gasteiger partial charge in [-0.2, -0.15) is 0 Å². The molecule has 1 amide bonds. The number of rotatable bonds is 11. The molecule has 0 bridgehead atoms. The maximum Gasteiger partial charge on any atom is 0.224 e. The fourth-order valence-electron chi connectivity index (χ4n) is 3.00. The van der Waals surface area contributed by atoms with Crippen molar-refractivity contribution in [2.45, 2.75) is 32.4 Å². The topological polar surface area (TPSA) is 66.0 Å². The zero-order valence-electron chi connectivity index (χ0n) is 18.7. The number of nitrogens with zero attached hydrogens (tertiary/aromatic N) is 2. The minimum absolute atomic E-state index is 0. The van der Waals surface area contributed by atoms with Gasteiger partial charge < -0.3 is 20.3 Å². The number of halogens is 1. The average Bonchev–Trinajstić information content (AvgIpc) is 2.78. The Morgan fingerprint density at radius 3 is 2.29 bits per heavy atom. The van der Waals surface area contributed by atoms with Crippen molar-refractivity contribution in [3.63, 3.8) is 0 Å². The molecule has 0 aliphatic carbocycles. The van der Waals surface area contributed by atoms with Crippen LogP contribution in [0.2, 0.25) is 0 Å². The number of guanidine groups is 1. The highest BCUT2D eigenvalue weighted by Crippen LogP contribution is 2.15. The standard InChI is InChI=1S/C24H34N4O2.HI/c1-20(22-13-8-5-9-14-22)30-18-10-16-26-24(25-2)27-17-15-23(29)28(3)19-21-11-6-4-7-12-21;/h4-9,11-14,20H,10,15-19H2,1-3H3,(H2,25,26,27);1H. The quantitative estimate of drug-likeness (QED) is 0.197. The Kier molecular flexibility index (Phi) is 13.6. The molecule has 0 spiro atoms. The lowest BCUT2D eigenvalue weighted by molar-refractivity contribution is -0.130. The van der Waals surface area contributed by atoms with Crippen LogP contribution in [0.1, 0.15) is 37.0 Å². The molecular weight excluding hydrogens is 503 g/mol. The molecule has 1 atom stereocenters. The van der Waals surface area contributed by atoms with Crippen LogP contribution in [0, 0.1) is 0 Å². The van der Waals surface area contributed by atoms with E-state index in [1.54, 1.807) is 11.9 Å². The Morgan fingerprint density at radius 1 is 1.03 bits per heavy atom. The van der Waals surface area contributed by atoms with Crippen LogP contribution in [-0.4, -0.2) is 50.6 Å². The van der Waals surface area contributed by atoms with Crippen molar-refractivity contribution in [3.05, 3.63) is 71.8 Å². The van der Waals surface area contributed by atoms with E-state index in [1.165, 1.54) is 5.56 Å². The van der Waals surface area contributed by atoms with Gasteiger partial charge in [0.05, 0.1) is 6.10 Å². The Bertz CT molecular complexity index is 772. The van der Waals surface area contributed by atoms with E-state index >= 15 is 0 Å². The van der Waals surface area contributed by atoms with Crippen molar-refractivity contribution in [1.29, 1.82) is 0 Å². The predicted octanol–water partition coefficient (Wildman–Crippen LogP) is 3.99. The molecule has 0 aliphatic rings. The summed E-state index contributed by atoms with van der Waals surface area (Å²) in [6.45, 7) is 4.65. The van der Waals surface area contributed by atoms with Gasteiger partial charge in [0.15, 0.2) is 5.96 Å². The number of benzene rings is 2. The molecule has 6 nitrogen and oxygen atoms in total. The summed E-state index contributed by atoms with van der Waals surface area (Å²) in [5, 5.41) is 6.45. The van der Waals surface area contributed by atoms with E-state index in [2.05, 4.69) is 34.7 Å². The predicted molar refractivity (Wildman–Crippen MR) is 138 cm³/mol. The van der Waals surface area contributed by atoms with Gasteiger partial charge in [-0.25, -0.2) is 0 Å². The number of amides is 1. The number of ether oxygens (including phenoxy) is 1. The summed E-state index contributed by atoms with van der Waals surface area (Å²) in [7, 11) is 3.56. The highest BCUT2D eigenvalue weighted by atomic mass is 127. The van der Waals surface area contributed by atoms with Crippen molar-refractivity contribution < 1.29 is 9.53 Å². The van der Waals surface area contributed by atoms with Gasteiger partial charge in [0, 0.05) is 46.8 Å². The molecule has 0 heterocycles. The maximum atomic E-state index is 12.3. The van der Waals surface area contributed by atoms with Crippen LogP contribution in [0.4, 0.5) is 0 Å². The van der Waals surface area contributed by atoms with Crippen LogP contribution in [0.15, 0.2) is 65.7 Å². The molecule has 0 fully saturated rings. The number of nitrogens with one attached hydrogen (secondary N) is 2. The third-order valence-electron chi connectivity index (χ3n) is 4.79. The second kappa shape index (κ2) is 15.6. The molecular formula is C24H35IN4O2. The van der Waals surface area contributed by atoms with E-state index < -0.39 is 0 Å².